The number of nitrogens with zero attached hydrogens (tertiary/aromatic N) is 1. The zero-order chi connectivity index (χ0) is 18.7. The average molecular weight is 358 g/mol. The smallest absolute Gasteiger partial charge is 0.320 e. The van der Waals surface area contributed by atoms with Crippen LogP contribution in [0.2, 0.25) is 0 Å². The molecule has 0 unspecified atom stereocenters. The van der Waals surface area contributed by atoms with Crippen molar-refractivity contribution in [3.63, 3.8) is 0 Å². The number of rotatable bonds is 5. The van der Waals surface area contributed by atoms with E-state index in [1.54, 1.807) is 19.3 Å². The first-order valence-corrected chi connectivity index (χ1v) is 9.01. The quantitative estimate of drug-likeness (QED) is 0.788. The number of carboxylic acid groups (broad SMARTS) is 1. The van der Waals surface area contributed by atoms with E-state index in [-0.39, 0.29) is 11.3 Å². The van der Waals surface area contributed by atoms with Crippen molar-refractivity contribution >= 4 is 11.9 Å². The van der Waals surface area contributed by atoms with E-state index < -0.39 is 12.0 Å². The van der Waals surface area contributed by atoms with E-state index in [2.05, 4.69) is 11.9 Å². The molecule has 0 radical (unpaired) electrons. The van der Waals surface area contributed by atoms with E-state index in [0.717, 1.165) is 30.7 Å². The summed E-state index contributed by atoms with van der Waals surface area (Å²) in [6.45, 7) is 5.80. The van der Waals surface area contributed by atoms with Crippen LogP contribution in [0.4, 0.5) is 0 Å². The summed E-state index contributed by atoms with van der Waals surface area (Å²) < 4.78 is 5.34. The topological polar surface area (TPSA) is 78.9 Å². The van der Waals surface area contributed by atoms with Crippen LogP contribution in [0.15, 0.2) is 30.9 Å². The number of likely N-dealkylation sites (tertiary alicyclic amines) is 1. The van der Waals surface area contributed by atoms with Crippen molar-refractivity contribution in [2.45, 2.75) is 31.7 Å². The van der Waals surface area contributed by atoms with Crippen LogP contribution in [0.5, 0.6) is 5.75 Å². The van der Waals surface area contributed by atoms with Crippen LogP contribution in [-0.4, -0.2) is 54.7 Å². The third-order valence-electron chi connectivity index (χ3n) is 5.66. The number of piperidine rings is 1. The molecule has 0 aromatic heterocycles. The first kappa shape index (κ1) is 18.5. The Hall–Kier alpha value is -2.34. The maximum atomic E-state index is 12.9. The van der Waals surface area contributed by atoms with E-state index >= 15 is 0 Å². The Bertz CT molecular complexity index is 708. The summed E-state index contributed by atoms with van der Waals surface area (Å²) in [6, 6.07) is 5.05. The van der Waals surface area contributed by atoms with Gasteiger partial charge in [0.25, 0.3) is 5.91 Å². The number of hydrogen-bond donors (Lipinski definition) is 2. The van der Waals surface area contributed by atoms with Gasteiger partial charge in [-0.3, -0.25) is 9.59 Å². The molecule has 0 saturated carbocycles. The van der Waals surface area contributed by atoms with Gasteiger partial charge in [0, 0.05) is 25.2 Å². The van der Waals surface area contributed by atoms with Gasteiger partial charge >= 0.3 is 5.97 Å². The minimum Gasteiger partial charge on any atom is -0.496 e. The lowest BCUT2D eigenvalue weighted by atomic mass is 9.76. The van der Waals surface area contributed by atoms with Crippen LogP contribution < -0.4 is 10.1 Å². The van der Waals surface area contributed by atoms with Gasteiger partial charge < -0.3 is 20.1 Å². The molecule has 6 nitrogen and oxygen atoms in total. The SMILES string of the molecule is C=CCc1cc(C(=O)N2CCC3(CC2)CN[C@@H](C(=O)O)C3)ccc1OC. The van der Waals surface area contributed by atoms with Gasteiger partial charge in [-0.25, -0.2) is 0 Å². The van der Waals surface area contributed by atoms with Crippen molar-refractivity contribution in [1.29, 1.82) is 0 Å². The number of carboxylic acids is 1. The molecule has 2 saturated heterocycles. The molecule has 1 atom stereocenters. The molecule has 2 aliphatic rings. The van der Waals surface area contributed by atoms with Crippen molar-refractivity contribution in [2.24, 2.45) is 5.41 Å². The molecule has 140 valence electrons. The van der Waals surface area contributed by atoms with Crippen LogP contribution in [-0.2, 0) is 11.2 Å². The number of amides is 1. The molecule has 1 spiro atoms. The summed E-state index contributed by atoms with van der Waals surface area (Å²) >= 11 is 0. The van der Waals surface area contributed by atoms with Gasteiger partial charge in [-0.05, 0) is 54.9 Å². The maximum absolute atomic E-state index is 12.9. The van der Waals surface area contributed by atoms with Crippen molar-refractivity contribution in [3.8, 4) is 5.75 Å². The first-order chi connectivity index (χ1) is 12.5. The number of aliphatic carboxylic acids is 1. The highest BCUT2D eigenvalue weighted by Crippen LogP contribution is 2.39. The van der Waals surface area contributed by atoms with E-state index in [1.807, 2.05) is 17.0 Å². The number of ether oxygens (including phenoxy) is 1. The molecule has 2 aliphatic heterocycles. The molecule has 0 bridgehead atoms. The fraction of sp³-hybridized carbons (Fsp3) is 0.500. The van der Waals surface area contributed by atoms with Crippen LogP contribution in [0, 0.1) is 5.41 Å². The number of allylic oxidation sites excluding steroid dienone is 1. The van der Waals surface area contributed by atoms with E-state index in [0.29, 0.717) is 31.5 Å². The summed E-state index contributed by atoms with van der Waals surface area (Å²) in [5.74, 6) is -0.00212. The molecule has 2 heterocycles. The van der Waals surface area contributed by atoms with Crippen LogP contribution in [0.3, 0.4) is 0 Å². The molecule has 1 aromatic carbocycles. The summed E-state index contributed by atoms with van der Waals surface area (Å²) in [5.41, 5.74) is 1.62. The van der Waals surface area contributed by atoms with E-state index in [9.17, 15) is 14.7 Å². The molecule has 3 rings (SSSR count). The second kappa shape index (κ2) is 7.50. The lowest BCUT2D eigenvalue weighted by Crippen LogP contribution is -2.44. The van der Waals surface area contributed by atoms with E-state index in [1.165, 1.54) is 0 Å². The average Bonchev–Trinajstić information content (AvgIpc) is 3.06. The first-order valence-electron chi connectivity index (χ1n) is 9.01. The van der Waals surface area contributed by atoms with Gasteiger partial charge in [0.2, 0.25) is 0 Å². The number of nitrogens with one attached hydrogen (secondary N) is 1. The monoisotopic (exact) mass is 358 g/mol. The number of hydrogen-bond acceptors (Lipinski definition) is 4. The van der Waals surface area contributed by atoms with Gasteiger partial charge in [-0.2, -0.15) is 0 Å². The van der Waals surface area contributed by atoms with Crippen LogP contribution in [0.25, 0.3) is 0 Å². The Morgan fingerprint density at radius 2 is 2.15 bits per heavy atom. The van der Waals surface area contributed by atoms with Gasteiger partial charge in [-0.1, -0.05) is 6.08 Å². The molecule has 0 aliphatic carbocycles. The van der Waals surface area contributed by atoms with Gasteiger partial charge in [0.05, 0.1) is 7.11 Å². The summed E-state index contributed by atoms with van der Waals surface area (Å²) in [5, 5.41) is 12.3. The van der Waals surface area contributed by atoms with Gasteiger partial charge in [-0.15, -0.1) is 6.58 Å². The molecular formula is C20H26N2O4. The number of carbonyl (C=O) groups excluding carboxylic acids is 1. The number of carbonyl (C=O) groups is 2. The lowest BCUT2D eigenvalue weighted by molar-refractivity contribution is -0.139. The predicted molar refractivity (Wildman–Crippen MR) is 98.5 cm³/mol. The van der Waals surface area contributed by atoms with Crippen molar-refractivity contribution in [3.05, 3.63) is 42.0 Å². The second-order valence-corrected chi connectivity index (χ2v) is 7.29. The normalized spacial score (nSPS) is 21.6. The fourth-order valence-corrected chi connectivity index (χ4v) is 4.07. The molecule has 26 heavy (non-hydrogen) atoms. The second-order valence-electron chi connectivity index (χ2n) is 7.29. The minimum absolute atomic E-state index is 0.00768. The van der Waals surface area contributed by atoms with Gasteiger partial charge in [0.15, 0.2) is 0 Å². The third-order valence-corrected chi connectivity index (χ3v) is 5.66. The molecule has 1 aromatic rings. The Balaban J connectivity index is 1.66. The lowest BCUT2D eigenvalue weighted by Gasteiger charge is -2.39. The molecule has 2 N–H and O–H groups in total. The molecule has 2 fully saturated rings. The van der Waals surface area contributed by atoms with Crippen molar-refractivity contribution < 1.29 is 19.4 Å². The standard InChI is InChI=1S/C20H26N2O4/c1-3-4-14-11-15(5-6-17(14)26-2)18(23)22-9-7-20(8-10-22)12-16(19(24)25)21-13-20/h3,5-6,11,16,21H,1,4,7-10,12-13H2,2H3,(H,24,25)/t16-/m1/s1. The fourth-order valence-electron chi connectivity index (χ4n) is 4.07. The Morgan fingerprint density at radius 1 is 1.42 bits per heavy atom. The minimum atomic E-state index is -0.784. The largest absolute Gasteiger partial charge is 0.496 e. The zero-order valence-electron chi connectivity index (χ0n) is 15.2. The van der Waals surface area contributed by atoms with Crippen molar-refractivity contribution in [2.75, 3.05) is 26.7 Å². The maximum Gasteiger partial charge on any atom is 0.320 e. The molecular weight excluding hydrogens is 332 g/mol. The van der Waals surface area contributed by atoms with Crippen LogP contribution >= 0.6 is 0 Å². The van der Waals surface area contributed by atoms with E-state index in [4.69, 9.17) is 4.74 Å². The summed E-state index contributed by atoms with van der Waals surface area (Å²) in [4.78, 5) is 25.9. The highest BCUT2D eigenvalue weighted by atomic mass is 16.5. The predicted octanol–water partition coefficient (Wildman–Crippen LogP) is 2.09. The zero-order valence-corrected chi connectivity index (χ0v) is 15.2. The summed E-state index contributed by atoms with van der Waals surface area (Å²) in [6.07, 6.45) is 4.77. The van der Waals surface area contributed by atoms with Gasteiger partial charge in [0.1, 0.15) is 11.8 Å². The van der Waals surface area contributed by atoms with Crippen molar-refractivity contribution in [1.82, 2.24) is 10.2 Å². The summed E-state index contributed by atoms with van der Waals surface area (Å²) in [7, 11) is 1.62. The Kier molecular flexibility index (Phi) is 5.32. The van der Waals surface area contributed by atoms with Crippen LogP contribution in [0.1, 0.15) is 35.2 Å². The Morgan fingerprint density at radius 3 is 2.73 bits per heavy atom. The highest BCUT2D eigenvalue weighted by Gasteiger charge is 2.44. The number of methoxy groups -OCH3 is 1. The highest BCUT2D eigenvalue weighted by molar-refractivity contribution is 5.94. The third kappa shape index (κ3) is 3.60. The number of benzene rings is 1. The molecule has 1 amide bonds. The Labute approximate surface area is 153 Å². The molecule has 6 heteroatoms.